The normalized spacial score (nSPS) is 14.4. The Labute approximate surface area is 215 Å². The number of carbonyl (C=O) groups is 1. The first-order valence-electron chi connectivity index (χ1n) is 14.0. The summed E-state index contributed by atoms with van der Waals surface area (Å²) < 4.78 is 7.49. The van der Waals surface area contributed by atoms with E-state index in [-0.39, 0.29) is 5.91 Å². The molecule has 0 saturated carbocycles. The number of imidazole rings is 1. The van der Waals surface area contributed by atoms with Gasteiger partial charge in [-0.05, 0) is 76.0 Å². The zero-order valence-electron chi connectivity index (χ0n) is 22.2. The molecule has 0 atom stereocenters. The Morgan fingerprint density at radius 2 is 1.81 bits per heavy atom. The van der Waals surface area contributed by atoms with Crippen LogP contribution in [0.1, 0.15) is 81.1 Å². The van der Waals surface area contributed by atoms with Crippen molar-refractivity contribution < 1.29 is 9.21 Å². The second kappa shape index (κ2) is 13.5. The zero-order valence-corrected chi connectivity index (χ0v) is 22.2. The molecule has 1 amide bonds. The van der Waals surface area contributed by atoms with Gasteiger partial charge in [-0.25, -0.2) is 4.98 Å². The van der Waals surface area contributed by atoms with Gasteiger partial charge in [-0.3, -0.25) is 4.79 Å². The van der Waals surface area contributed by atoms with Crippen molar-refractivity contribution >= 4 is 22.9 Å². The topological polar surface area (TPSA) is 66.5 Å². The molecule has 1 aromatic carbocycles. The lowest BCUT2D eigenvalue weighted by Gasteiger charge is -2.26. The van der Waals surface area contributed by atoms with Gasteiger partial charge in [-0.15, -0.1) is 0 Å². The highest BCUT2D eigenvalue weighted by molar-refractivity contribution is 5.97. The molecule has 7 nitrogen and oxygen atoms in total. The zero-order chi connectivity index (χ0) is 25.2. The molecule has 1 fully saturated rings. The quantitative estimate of drug-likeness (QED) is 0.291. The fourth-order valence-electron chi connectivity index (χ4n) is 5.02. The number of benzene rings is 1. The molecule has 1 saturated heterocycles. The SMILES string of the molecule is CCCCN(CCCC)C(=O)c1ccc2nc(NCc3ccoc3)n(CCCN3CCCCC3)c2c1. The first-order chi connectivity index (χ1) is 17.7. The largest absolute Gasteiger partial charge is 0.472 e. The van der Waals surface area contributed by atoms with E-state index in [2.05, 4.69) is 34.7 Å². The highest BCUT2D eigenvalue weighted by Gasteiger charge is 2.19. The van der Waals surface area contributed by atoms with Gasteiger partial charge in [0.15, 0.2) is 0 Å². The fourth-order valence-corrected chi connectivity index (χ4v) is 5.02. The second-order valence-electron chi connectivity index (χ2n) is 10.0. The number of amides is 1. The number of unbranched alkanes of at least 4 members (excludes halogenated alkanes) is 2. The van der Waals surface area contributed by atoms with Gasteiger partial charge in [0.2, 0.25) is 5.95 Å². The maximum atomic E-state index is 13.5. The number of aryl methyl sites for hydroxylation is 1. The molecule has 0 unspecified atom stereocenters. The molecule has 0 spiro atoms. The fraction of sp³-hybridized carbons (Fsp3) is 0.586. The van der Waals surface area contributed by atoms with Crippen LogP contribution in [0.5, 0.6) is 0 Å². The van der Waals surface area contributed by atoms with Gasteiger partial charge in [0.25, 0.3) is 5.91 Å². The van der Waals surface area contributed by atoms with E-state index in [9.17, 15) is 4.79 Å². The summed E-state index contributed by atoms with van der Waals surface area (Å²) in [5, 5.41) is 3.50. The van der Waals surface area contributed by atoms with Crippen molar-refractivity contribution in [1.29, 1.82) is 0 Å². The summed E-state index contributed by atoms with van der Waals surface area (Å²) in [6.45, 7) is 11.0. The summed E-state index contributed by atoms with van der Waals surface area (Å²) in [4.78, 5) is 23.0. The van der Waals surface area contributed by atoms with Crippen LogP contribution >= 0.6 is 0 Å². The second-order valence-corrected chi connectivity index (χ2v) is 10.0. The van der Waals surface area contributed by atoms with Crippen molar-refractivity contribution in [1.82, 2.24) is 19.4 Å². The number of fused-ring (bicyclic) bond motifs is 1. The summed E-state index contributed by atoms with van der Waals surface area (Å²) in [6, 6.07) is 7.97. The standard InChI is InChI=1S/C29H43N5O2/c1-3-5-17-33(18-6-4-2)28(35)25-11-12-26-27(21-25)34(19-10-16-32-14-8-7-9-15-32)29(31-26)30-22-24-13-20-36-23-24/h11-13,20-21,23H,3-10,14-19,22H2,1-2H3,(H,30,31). The van der Waals surface area contributed by atoms with E-state index in [0.29, 0.717) is 6.54 Å². The summed E-state index contributed by atoms with van der Waals surface area (Å²) in [7, 11) is 0. The minimum Gasteiger partial charge on any atom is -0.472 e. The molecule has 3 aromatic rings. The molecule has 0 aliphatic carbocycles. The Hall–Kier alpha value is -2.80. The first kappa shape index (κ1) is 26.3. The Bertz CT molecular complexity index is 1060. The van der Waals surface area contributed by atoms with Crippen LogP contribution in [0.25, 0.3) is 11.0 Å². The van der Waals surface area contributed by atoms with Crippen LogP contribution in [0.3, 0.4) is 0 Å². The van der Waals surface area contributed by atoms with Gasteiger partial charge < -0.3 is 24.1 Å². The molecule has 2 aromatic heterocycles. The van der Waals surface area contributed by atoms with Crippen LogP contribution in [0.4, 0.5) is 5.95 Å². The van der Waals surface area contributed by atoms with Crippen LogP contribution in [0.2, 0.25) is 0 Å². The molecule has 196 valence electrons. The number of hydrogen-bond acceptors (Lipinski definition) is 5. The van der Waals surface area contributed by atoms with Gasteiger partial charge in [0.1, 0.15) is 0 Å². The van der Waals surface area contributed by atoms with Crippen molar-refractivity contribution in [2.24, 2.45) is 0 Å². The molecule has 36 heavy (non-hydrogen) atoms. The number of aromatic nitrogens is 2. The van der Waals surface area contributed by atoms with Gasteiger partial charge in [-0.2, -0.15) is 0 Å². The third kappa shape index (κ3) is 6.90. The number of carbonyl (C=O) groups excluding carboxylic acids is 1. The lowest BCUT2D eigenvalue weighted by atomic mass is 10.1. The number of piperidine rings is 1. The van der Waals surface area contributed by atoms with E-state index in [1.54, 1.807) is 12.5 Å². The summed E-state index contributed by atoms with van der Waals surface area (Å²) in [5.74, 6) is 0.982. The van der Waals surface area contributed by atoms with Gasteiger partial charge in [0.05, 0.1) is 23.6 Å². The lowest BCUT2D eigenvalue weighted by molar-refractivity contribution is 0.0751. The summed E-state index contributed by atoms with van der Waals surface area (Å²) in [6.07, 6.45) is 12.7. The van der Waals surface area contributed by atoms with E-state index in [0.717, 1.165) is 86.4 Å². The van der Waals surface area contributed by atoms with Crippen molar-refractivity contribution in [2.45, 2.75) is 78.3 Å². The van der Waals surface area contributed by atoms with E-state index >= 15 is 0 Å². The van der Waals surface area contributed by atoms with Crippen LogP contribution in [-0.4, -0.2) is 58.0 Å². The van der Waals surface area contributed by atoms with Crippen molar-refractivity contribution in [3.8, 4) is 0 Å². The summed E-state index contributed by atoms with van der Waals surface area (Å²) in [5.41, 5.74) is 3.79. The molecule has 0 bridgehead atoms. The van der Waals surface area contributed by atoms with Crippen LogP contribution < -0.4 is 5.32 Å². The Kier molecular flexibility index (Phi) is 9.84. The number of likely N-dealkylation sites (tertiary alicyclic amines) is 1. The molecular weight excluding hydrogens is 450 g/mol. The molecule has 3 heterocycles. The van der Waals surface area contributed by atoms with Gasteiger partial charge in [0, 0.05) is 37.3 Å². The number of rotatable bonds is 14. The van der Waals surface area contributed by atoms with Crippen LogP contribution in [0, 0.1) is 0 Å². The third-order valence-electron chi connectivity index (χ3n) is 7.18. The molecular formula is C29H43N5O2. The average Bonchev–Trinajstić information content (AvgIpc) is 3.55. The number of hydrogen-bond donors (Lipinski definition) is 1. The highest BCUT2D eigenvalue weighted by atomic mass is 16.3. The van der Waals surface area contributed by atoms with Crippen LogP contribution in [-0.2, 0) is 13.1 Å². The van der Waals surface area contributed by atoms with Crippen molar-refractivity contribution in [3.05, 3.63) is 47.9 Å². The first-order valence-corrected chi connectivity index (χ1v) is 14.0. The minimum absolute atomic E-state index is 0.132. The monoisotopic (exact) mass is 493 g/mol. The van der Waals surface area contributed by atoms with E-state index in [1.165, 1.54) is 32.4 Å². The van der Waals surface area contributed by atoms with Gasteiger partial charge in [-0.1, -0.05) is 33.1 Å². The molecule has 0 radical (unpaired) electrons. The smallest absolute Gasteiger partial charge is 0.253 e. The number of nitrogens with zero attached hydrogens (tertiary/aromatic N) is 4. The highest BCUT2D eigenvalue weighted by Crippen LogP contribution is 2.24. The number of furan rings is 1. The predicted octanol–water partition coefficient (Wildman–Crippen LogP) is 6.16. The Morgan fingerprint density at radius 1 is 1.03 bits per heavy atom. The predicted molar refractivity (Wildman–Crippen MR) is 146 cm³/mol. The molecule has 7 heteroatoms. The number of nitrogens with one attached hydrogen (secondary N) is 1. The van der Waals surface area contributed by atoms with E-state index in [1.807, 2.05) is 23.1 Å². The molecule has 1 aliphatic rings. The average molecular weight is 494 g/mol. The maximum absolute atomic E-state index is 13.5. The Balaban J connectivity index is 1.56. The molecule has 1 N–H and O–H groups in total. The van der Waals surface area contributed by atoms with Crippen molar-refractivity contribution in [3.63, 3.8) is 0 Å². The van der Waals surface area contributed by atoms with Crippen molar-refractivity contribution in [2.75, 3.05) is 38.0 Å². The maximum Gasteiger partial charge on any atom is 0.253 e. The molecule has 1 aliphatic heterocycles. The van der Waals surface area contributed by atoms with E-state index < -0.39 is 0 Å². The third-order valence-corrected chi connectivity index (χ3v) is 7.18. The minimum atomic E-state index is 0.132. The lowest BCUT2D eigenvalue weighted by Crippen LogP contribution is -2.33. The van der Waals surface area contributed by atoms with Gasteiger partial charge >= 0.3 is 0 Å². The van der Waals surface area contributed by atoms with Crippen LogP contribution in [0.15, 0.2) is 41.2 Å². The molecule has 4 rings (SSSR count). The Morgan fingerprint density at radius 3 is 2.50 bits per heavy atom. The summed E-state index contributed by atoms with van der Waals surface area (Å²) >= 11 is 0. The van der Waals surface area contributed by atoms with E-state index in [4.69, 9.17) is 9.40 Å². The number of anilines is 1.